The van der Waals surface area contributed by atoms with Crippen LogP contribution in [0.25, 0.3) is 0 Å². The lowest BCUT2D eigenvalue weighted by atomic mass is 10.1. The van der Waals surface area contributed by atoms with Gasteiger partial charge < -0.3 is 54.2 Å². The molecule has 0 rings (SSSR count). The van der Waals surface area contributed by atoms with Crippen LogP contribution in [0.4, 0.5) is 0 Å². The van der Waals surface area contributed by atoms with Crippen molar-refractivity contribution in [3.05, 3.63) is 0 Å². The van der Waals surface area contributed by atoms with E-state index >= 15 is 0 Å². The summed E-state index contributed by atoms with van der Waals surface area (Å²) in [5.41, 5.74) is 20.8. The molecule has 4 amide bonds. The maximum absolute atomic E-state index is 12.7. The number of aliphatic hydroxyl groups excluding tert-OH is 1. The number of nitrogens with one attached hydrogen (secondary N) is 3. The lowest BCUT2D eigenvalue weighted by Crippen LogP contribution is -2.58. The minimum Gasteiger partial charge on any atom is -0.481 e. The summed E-state index contributed by atoms with van der Waals surface area (Å²) in [5.74, 6) is -7.24. The molecule has 0 aromatic heterocycles. The highest BCUT2D eigenvalue weighted by Crippen LogP contribution is 2.02. The average molecular weight is 490 g/mol. The summed E-state index contributed by atoms with van der Waals surface area (Å²) in [4.78, 5) is 73.7. The van der Waals surface area contributed by atoms with Crippen molar-refractivity contribution in [3.63, 3.8) is 0 Å². The molecule has 17 nitrogen and oxygen atoms in total. The third-order valence-corrected chi connectivity index (χ3v) is 4.15. The number of carbonyl (C=O) groups excluding carboxylic acids is 4. The highest BCUT2D eigenvalue weighted by Gasteiger charge is 2.30. The van der Waals surface area contributed by atoms with Gasteiger partial charge >= 0.3 is 11.9 Å². The van der Waals surface area contributed by atoms with Crippen molar-refractivity contribution in [2.24, 2.45) is 27.9 Å². The van der Waals surface area contributed by atoms with Gasteiger partial charge in [-0.3, -0.25) is 29.0 Å². The highest BCUT2D eigenvalue weighted by molar-refractivity contribution is 5.95. The first-order valence-corrected chi connectivity index (χ1v) is 9.84. The quantitative estimate of drug-likeness (QED) is 0.0549. The molecule has 4 atom stereocenters. The summed E-state index contributed by atoms with van der Waals surface area (Å²) in [6.45, 7) is -0.895. The number of hydrogen-bond donors (Lipinski definition) is 10. The van der Waals surface area contributed by atoms with Crippen molar-refractivity contribution in [2.75, 3.05) is 13.2 Å². The third kappa shape index (κ3) is 12.2. The van der Waals surface area contributed by atoms with E-state index in [1.165, 1.54) is 0 Å². The fourth-order valence-corrected chi connectivity index (χ4v) is 2.47. The first-order valence-electron chi connectivity index (χ1n) is 9.84. The Labute approximate surface area is 193 Å². The molecule has 0 aliphatic carbocycles. The molecule has 0 aromatic carbocycles. The Kier molecular flexibility index (Phi) is 13.2. The van der Waals surface area contributed by atoms with Crippen LogP contribution >= 0.6 is 0 Å². The number of nitrogens with two attached hydrogens (primary N) is 4. The van der Waals surface area contributed by atoms with Crippen molar-refractivity contribution < 1.29 is 44.1 Å². The summed E-state index contributed by atoms with van der Waals surface area (Å²) in [6, 6.07) is -6.19. The predicted molar refractivity (Wildman–Crippen MR) is 114 cm³/mol. The lowest BCUT2D eigenvalue weighted by Gasteiger charge is -2.24. The number of nitrogens with zero attached hydrogens (tertiary/aromatic N) is 1. The Morgan fingerprint density at radius 2 is 1.32 bits per heavy atom. The molecule has 4 unspecified atom stereocenters. The molecule has 0 saturated carbocycles. The van der Waals surface area contributed by atoms with E-state index in [1.54, 1.807) is 0 Å². The highest BCUT2D eigenvalue weighted by atomic mass is 16.4. The van der Waals surface area contributed by atoms with Crippen LogP contribution in [0.5, 0.6) is 0 Å². The van der Waals surface area contributed by atoms with E-state index in [9.17, 15) is 33.9 Å². The van der Waals surface area contributed by atoms with Crippen molar-refractivity contribution in [1.82, 2.24) is 16.0 Å². The standard InChI is InChI=1S/C17H30N8O9/c18-7(4-12(28)29)13(30)23-8(2-1-3-22-17(20)21)14(31)25-10(6-26)15(32)24-9(16(33)34)5-11(19)27/h7-10,26H,1-6,18H2,(H2,19,27)(H,23,30)(H,24,32)(H,25,31)(H,28,29)(H,33,34)(H4,20,21,22). The van der Waals surface area contributed by atoms with Gasteiger partial charge in [-0.2, -0.15) is 0 Å². The van der Waals surface area contributed by atoms with E-state index in [2.05, 4.69) is 15.6 Å². The first-order chi connectivity index (χ1) is 15.8. The van der Waals surface area contributed by atoms with Crippen LogP contribution in [0, 0.1) is 0 Å². The van der Waals surface area contributed by atoms with Crippen LogP contribution in [0.15, 0.2) is 4.99 Å². The number of aliphatic hydroxyl groups is 1. The number of carbonyl (C=O) groups is 6. The second-order valence-corrected chi connectivity index (χ2v) is 7.03. The molecule has 0 aliphatic heterocycles. The van der Waals surface area contributed by atoms with Crippen molar-refractivity contribution in [3.8, 4) is 0 Å². The second-order valence-electron chi connectivity index (χ2n) is 7.03. The number of primary amides is 1. The largest absolute Gasteiger partial charge is 0.481 e. The average Bonchev–Trinajstić information content (AvgIpc) is 2.71. The number of amides is 4. The predicted octanol–water partition coefficient (Wildman–Crippen LogP) is -5.75. The Morgan fingerprint density at radius 3 is 1.79 bits per heavy atom. The lowest BCUT2D eigenvalue weighted by molar-refractivity contribution is -0.144. The van der Waals surface area contributed by atoms with Crippen LogP contribution in [0.3, 0.4) is 0 Å². The van der Waals surface area contributed by atoms with E-state index in [4.69, 9.17) is 33.1 Å². The normalized spacial score (nSPS) is 13.9. The number of guanidine groups is 1. The van der Waals surface area contributed by atoms with Gasteiger partial charge in [-0.1, -0.05) is 0 Å². The summed E-state index contributed by atoms with van der Waals surface area (Å²) >= 11 is 0. The van der Waals surface area contributed by atoms with Crippen LogP contribution in [0.2, 0.25) is 0 Å². The second kappa shape index (κ2) is 15.0. The molecule has 0 spiro atoms. The zero-order chi connectivity index (χ0) is 26.4. The van der Waals surface area contributed by atoms with E-state index in [0.29, 0.717) is 0 Å². The summed E-state index contributed by atoms with van der Waals surface area (Å²) in [6.07, 6.45) is -1.36. The van der Waals surface area contributed by atoms with Crippen LogP contribution in [0.1, 0.15) is 25.7 Å². The van der Waals surface area contributed by atoms with Gasteiger partial charge in [0.2, 0.25) is 23.6 Å². The fourth-order valence-electron chi connectivity index (χ4n) is 2.47. The van der Waals surface area contributed by atoms with Crippen LogP contribution in [-0.2, 0) is 28.8 Å². The SMILES string of the molecule is NC(=O)CC(NC(=O)C(CO)NC(=O)C(CCCN=C(N)N)NC(=O)C(N)CC(=O)O)C(=O)O. The minimum atomic E-state index is -1.71. The molecule has 0 aliphatic rings. The molecule has 0 saturated heterocycles. The van der Waals surface area contributed by atoms with Gasteiger partial charge in [-0.05, 0) is 12.8 Å². The van der Waals surface area contributed by atoms with Crippen molar-refractivity contribution >= 4 is 41.5 Å². The number of hydrogen-bond acceptors (Lipinski definition) is 9. The summed E-state index contributed by atoms with van der Waals surface area (Å²) < 4.78 is 0. The molecular formula is C17H30N8O9. The van der Waals surface area contributed by atoms with E-state index < -0.39 is 79.2 Å². The molecule has 0 heterocycles. The molecule has 0 fully saturated rings. The number of rotatable bonds is 16. The third-order valence-electron chi connectivity index (χ3n) is 4.15. The van der Waals surface area contributed by atoms with Crippen LogP contribution < -0.4 is 38.9 Å². The zero-order valence-corrected chi connectivity index (χ0v) is 18.1. The van der Waals surface area contributed by atoms with Crippen LogP contribution in [-0.4, -0.2) is 94.2 Å². The maximum atomic E-state index is 12.7. The number of aliphatic imine (C=N–C) groups is 1. The maximum Gasteiger partial charge on any atom is 0.326 e. The number of carboxylic acids is 2. The topological polar surface area (TPSA) is 316 Å². The molecule has 0 radical (unpaired) electrons. The fraction of sp³-hybridized carbons (Fsp3) is 0.588. The molecule has 17 heteroatoms. The molecule has 0 aromatic rings. The summed E-state index contributed by atoms with van der Waals surface area (Å²) in [7, 11) is 0. The van der Waals surface area contributed by atoms with Gasteiger partial charge in [0, 0.05) is 6.54 Å². The molecule has 14 N–H and O–H groups in total. The van der Waals surface area contributed by atoms with E-state index in [0.717, 1.165) is 0 Å². The van der Waals surface area contributed by atoms with E-state index in [1.807, 2.05) is 5.32 Å². The van der Waals surface area contributed by atoms with E-state index in [-0.39, 0.29) is 25.3 Å². The van der Waals surface area contributed by atoms with Crippen molar-refractivity contribution in [2.45, 2.75) is 49.9 Å². The van der Waals surface area contributed by atoms with Gasteiger partial charge in [-0.25, -0.2) is 4.79 Å². The number of carboxylic acid groups (broad SMARTS) is 2. The minimum absolute atomic E-state index is 0.0699. The summed E-state index contributed by atoms with van der Waals surface area (Å²) in [5, 5.41) is 33.6. The molecule has 192 valence electrons. The van der Waals surface area contributed by atoms with Gasteiger partial charge in [0.15, 0.2) is 5.96 Å². The Hall–Kier alpha value is -3.99. The first kappa shape index (κ1) is 30.0. The van der Waals surface area contributed by atoms with Crippen molar-refractivity contribution in [1.29, 1.82) is 0 Å². The molecule has 34 heavy (non-hydrogen) atoms. The van der Waals surface area contributed by atoms with Gasteiger partial charge in [-0.15, -0.1) is 0 Å². The van der Waals surface area contributed by atoms with Gasteiger partial charge in [0.25, 0.3) is 0 Å². The number of aliphatic carboxylic acids is 2. The Balaban J connectivity index is 5.39. The molecule has 0 bridgehead atoms. The Bertz CT molecular complexity index is 800. The van der Waals surface area contributed by atoms with Gasteiger partial charge in [0.1, 0.15) is 18.1 Å². The monoisotopic (exact) mass is 490 g/mol. The Morgan fingerprint density at radius 1 is 0.794 bits per heavy atom. The van der Waals surface area contributed by atoms with Gasteiger partial charge in [0.05, 0.1) is 25.5 Å². The smallest absolute Gasteiger partial charge is 0.326 e. The zero-order valence-electron chi connectivity index (χ0n) is 18.1. The molecular weight excluding hydrogens is 460 g/mol.